The van der Waals surface area contributed by atoms with Crippen LogP contribution in [-0.4, -0.2) is 45.7 Å². The molecule has 0 saturated heterocycles. The lowest BCUT2D eigenvalue weighted by Crippen LogP contribution is -2.32. The maximum Gasteiger partial charge on any atom is 0.319 e. The maximum absolute atomic E-state index is 12.1. The van der Waals surface area contributed by atoms with E-state index in [0.29, 0.717) is 47.7 Å². The molecule has 0 unspecified atom stereocenters. The van der Waals surface area contributed by atoms with Crippen molar-refractivity contribution >= 4 is 17.5 Å². The monoisotopic (exact) mass is 409 g/mol. The van der Waals surface area contributed by atoms with Gasteiger partial charge in [0.15, 0.2) is 17.3 Å². The predicted molar refractivity (Wildman–Crippen MR) is 111 cm³/mol. The van der Waals surface area contributed by atoms with Crippen molar-refractivity contribution in [1.82, 2.24) is 25.1 Å². The zero-order chi connectivity index (χ0) is 21.1. The second-order valence-corrected chi connectivity index (χ2v) is 6.87. The van der Waals surface area contributed by atoms with Crippen molar-refractivity contribution in [2.45, 2.75) is 20.8 Å². The van der Waals surface area contributed by atoms with Crippen LogP contribution in [0.1, 0.15) is 17.2 Å². The Morgan fingerprint density at radius 1 is 1.07 bits per heavy atom. The molecule has 10 nitrogen and oxygen atoms in total. The summed E-state index contributed by atoms with van der Waals surface area (Å²) in [6.45, 7) is 6.86. The summed E-state index contributed by atoms with van der Waals surface area (Å²) in [4.78, 5) is 21.0. The number of rotatable bonds is 6. The van der Waals surface area contributed by atoms with E-state index in [2.05, 4.69) is 31.0 Å². The van der Waals surface area contributed by atoms with E-state index in [-0.39, 0.29) is 12.8 Å². The van der Waals surface area contributed by atoms with E-state index in [1.54, 1.807) is 22.9 Å². The van der Waals surface area contributed by atoms with Gasteiger partial charge in [0.1, 0.15) is 11.6 Å². The molecule has 1 aliphatic rings. The van der Waals surface area contributed by atoms with Crippen molar-refractivity contribution in [1.29, 1.82) is 0 Å². The first-order chi connectivity index (χ1) is 14.5. The number of amides is 2. The Hall–Kier alpha value is -3.82. The lowest BCUT2D eigenvalue weighted by molar-refractivity contribution is 0.174. The topological polar surface area (TPSA) is 115 Å². The predicted octanol–water partition coefficient (Wildman–Crippen LogP) is 2.55. The van der Waals surface area contributed by atoms with Gasteiger partial charge in [0.05, 0.1) is 5.69 Å². The molecule has 2 aromatic heterocycles. The Morgan fingerprint density at radius 2 is 1.90 bits per heavy atom. The third-order valence-corrected chi connectivity index (χ3v) is 4.40. The summed E-state index contributed by atoms with van der Waals surface area (Å²) in [5.41, 5.74) is 2.56. The molecule has 0 bridgehead atoms. The minimum absolute atomic E-state index is 0.195. The van der Waals surface area contributed by atoms with Crippen LogP contribution < -0.4 is 25.4 Å². The first kappa shape index (κ1) is 19.5. The fraction of sp³-hybridized carbons (Fsp3) is 0.300. The third kappa shape index (κ3) is 4.43. The molecule has 0 atom stereocenters. The first-order valence-electron chi connectivity index (χ1n) is 9.55. The fourth-order valence-corrected chi connectivity index (χ4v) is 3.13. The van der Waals surface area contributed by atoms with Crippen LogP contribution in [-0.2, 0) is 0 Å². The number of hydrogen-bond acceptors (Lipinski definition) is 7. The molecule has 3 heterocycles. The Bertz CT molecular complexity index is 1080. The minimum Gasteiger partial charge on any atom is -0.454 e. The highest BCUT2D eigenvalue weighted by molar-refractivity contribution is 5.89. The van der Waals surface area contributed by atoms with Crippen LogP contribution in [0.4, 0.5) is 16.3 Å². The summed E-state index contributed by atoms with van der Waals surface area (Å²) >= 11 is 0. The van der Waals surface area contributed by atoms with Crippen LogP contribution in [0.25, 0.3) is 5.82 Å². The van der Waals surface area contributed by atoms with Gasteiger partial charge in [-0.05, 0) is 39.0 Å². The van der Waals surface area contributed by atoms with Gasteiger partial charge < -0.3 is 25.4 Å². The zero-order valence-corrected chi connectivity index (χ0v) is 17.0. The summed E-state index contributed by atoms with van der Waals surface area (Å²) in [6, 6.07) is 8.77. The number of nitrogens with one attached hydrogen (secondary N) is 3. The number of fused-ring (bicyclic) bond motifs is 1. The average Bonchev–Trinajstić information content (AvgIpc) is 3.30. The molecule has 0 fully saturated rings. The van der Waals surface area contributed by atoms with E-state index in [1.807, 2.05) is 32.9 Å². The largest absolute Gasteiger partial charge is 0.454 e. The summed E-state index contributed by atoms with van der Waals surface area (Å²) in [5.74, 6) is 3.29. The molecule has 30 heavy (non-hydrogen) atoms. The molecule has 2 amide bonds. The smallest absolute Gasteiger partial charge is 0.319 e. The normalized spacial score (nSPS) is 12.0. The first-order valence-corrected chi connectivity index (χ1v) is 9.55. The number of ether oxygens (including phenoxy) is 2. The van der Waals surface area contributed by atoms with Crippen LogP contribution in [0.2, 0.25) is 0 Å². The maximum atomic E-state index is 12.1. The van der Waals surface area contributed by atoms with E-state index in [9.17, 15) is 4.79 Å². The van der Waals surface area contributed by atoms with Gasteiger partial charge >= 0.3 is 6.03 Å². The number of benzene rings is 1. The fourth-order valence-electron chi connectivity index (χ4n) is 3.13. The van der Waals surface area contributed by atoms with Gasteiger partial charge in [0.25, 0.3) is 0 Å². The van der Waals surface area contributed by atoms with Gasteiger partial charge in [-0.1, -0.05) is 0 Å². The molecule has 3 N–H and O–H groups in total. The third-order valence-electron chi connectivity index (χ3n) is 4.40. The van der Waals surface area contributed by atoms with Crippen molar-refractivity contribution < 1.29 is 14.3 Å². The van der Waals surface area contributed by atoms with Crippen LogP contribution in [0.3, 0.4) is 0 Å². The van der Waals surface area contributed by atoms with Crippen LogP contribution in [0, 0.1) is 20.8 Å². The highest BCUT2D eigenvalue weighted by Crippen LogP contribution is 2.34. The SMILES string of the molecule is Cc1cc(C)n(-c2cc(NCCNC(=O)Nc3ccc4c(c3)OCO4)nc(C)n2)n1. The Balaban J connectivity index is 1.29. The zero-order valence-electron chi connectivity index (χ0n) is 17.0. The highest BCUT2D eigenvalue weighted by Gasteiger charge is 2.14. The van der Waals surface area contributed by atoms with Crippen molar-refractivity contribution in [3.8, 4) is 17.3 Å². The standard InChI is InChI=1S/C20H23N7O3/c1-12-8-13(2)27(26-12)19-10-18(23-14(3)24-19)21-6-7-22-20(28)25-15-4-5-16-17(9-15)30-11-29-16/h4-5,8-10H,6-7,11H2,1-3H3,(H,21,23,24)(H2,22,25,28). The van der Waals surface area contributed by atoms with Crippen molar-refractivity contribution in [2.24, 2.45) is 0 Å². The summed E-state index contributed by atoms with van der Waals surface area (Å²) in [7, 11) is 0. The van der Waals surface area contributed by atoms with Gasteiger partial charge in [-0.25, -0.2) is 19.4 Å². The van der Waals surface area contributed by atoms with Crippen LogP contribution in [0.15, 0.2) is 30.3 Å². The van der Waals surface area contributed by atoms with Gasteiger partial charge in [0.2, 0.25) is 6.79 Å². The number of carbonyl (C=O) groups excluding carboxylic acids is 1. The second kappa shape index (κ2) is 8.27. The van der Waals surface area contributed by atoms with Crippen molar-refractivity contribution in [3.05, 3.63) is 47.5 Å². The number of aromatic nitrogens is 4. The Morgan fingerprint density at radius 3 is 2.70 bits per heavy atom. The lowest BCUT2D eigenvalue weighted by atomic mass is 10.3. The molecule has 0 aliphatic carbocycles. The molecule has 10 heteroatoms. The molecule has 0 saturated carbocycles. The summed E-state index contributed by atoms with van der Waals surface area (Å²) < 4.78 is 12.3. The number of anilines is 2. The molecular weight excluding hydrogens is 386 g/mol. The van der Waals surface area contributed by atoms with E-state index < -0.39 is 0 Å². The second-order valence-electron chi connectivity index (χ2n) is 6.87. The van der Waals surface area contributed by atoms with E-state index in [1.165, 1.54) is 0 Å². The molecule has 1 aliphatic heterocycles. The number of nitrogens with zero attached hydrogens (tertiary/aromatic N) is 4. The lowest BCUT2D eigenvalue weighted by Gasteiger charge is -2.11. The van der Waals surface area contributed by atoms with Crippen LogP contribution in [0.5, 0.6) is 11.5 Å². The van der Waals surface area contributed by atoms with E-state index in [4.69, 9.17) is 9.47 Å². The number of aryl methyl sites for hydroxylation is 3. The average molecular weight is 409 g/mol. The molecular formula is C20H23N7O3. The van der Waals surface area contributed by atoms with Gasteiger partial charge in [-0.3, -0.25) is 0 Å². The van der Waals surface area contributed by atoms with E-state index >= 15 is 0 Å². The van der Waals surface area contributed by atoms with Gasteiger partial charge in [0, 0.05) is 36.6 Å². The Kier molecular flexibility index (Phi) is 5.38. The van der Waals surface area contributed by atoms with Crippen molar-refractivity contribution in [2.75, 3.05) is 30.5 Å². The number of urea groups is 1. The van der Waals surface area contributed by atoms with Gasteiger partial charge in [-0.2, -0.15) is 5.10 Å². The molecule has 4 rings (SSSR count). The number of hydrogen-bond donors (Lipinski definition) is 3. The quantitative estimate of drug-likeness (QED) is 0.536. The summed E-state index contributed by atoms with van der Waals surface area (Å²) in [5, 5.41) is 13.2. The molecule has 0 radical (unpaired) electrons. The Labute approximate surface area is 173 Å². The molecule has 1 aromatic carbocycles. The number of carbonyl (C=O) groups is 1. The molecule has 156 valence electrons. The van der Waals surface area contributed by atoms with Gasteiger partial charge in [-0.15, -0.1) is 0 Å². The van der Waals surface area contributed by atoms with E-state index in [0.717, 1.165) is 11.4 Å². The summed E-state index contributed by atoms with van der Waals surface area (Å²) in [6.07, 6.45) is 0. The molecule has 0 spiro atoms. The molecule has 3 aromatic rings. The van der Waals surface area contributed by atoms with Crippen LogP contribution >= 0.6 is 0 Å². The van der Waals surface area contributed by atoms with Crippen molar-refractivity contribution in [3.63, 3.8) is 0 Å². The highest BCUT2D eigenvalue weighted by atomic mass is 16.7. The minimum atomic E-state index is -0.308.